The zero-order chi connectivity index (χ0) is 23.9. The Bertz CT molecular complexity index is 1400. The highest BCUT2D eigenvalue weighted by molar-refractivity contribution is 7.92. The molecule has 180 valence electrons. The summed E-state index contributed by atoms with van der Waals surface area (Å²) < 4.78 is 22.2. The molecule has 1 aliphatic heterocycles. The van der Waals surface area contributed by atoms with E-state index in [0.717, 1.165) is 36.9 Å². The van der Waals surface area contributed by atoms with E-state index in [1.807, 2.05) is 18.3 Å². The molecule has 2 atom stereocenters. The third-order valence-electron chi connectivity index (χ3n) is 6.92. The van der Waals surface area contributed by atoms with Crippen LogP contribution in [0.2, 0.25) is 0 Å². The summed E-state index contributed by atoms with van der Waals surface area (Å²) in [5, 5.41) is 7.63. The number of H-pyrrole nitrogens is 1. The first-order valence-corrected chi connectivity index (χ1v) is 13.7. The van der Waals surface area contributed by atoms with Gasteiger partial charge in [0.05, 0.1) is 25.9 Å². The molecule has 1 saturated heterocycles. The van der Waals surface area contributed by atoms with E-state index in [1.54, 1.807) is 16.8 Å². The van der Waals surface area contributed by atoms with Crippen molar-refractivity contribution in [2.45, 2.75) is 49.4 Å². The van der Waals surface area contributed by atoms with Crippen LogP contribution in [0.15, 0.2) is 42.0 Å². The molecule has 0 bridgehead atoms. The first-order chi connectivity index (χ1) is 16.3. The van der Waals surface area contributed by atoms with Crippen molar-refractivity contribution in [2.75, 3.05) is 24.7 Å². The zero-order valence-electron chi connectivity index (χ0n) is 19.4. The predicted molar refractivity (Wildman–Crippen MR) is 136 cm³/mol. The monoisotopic (exact) mass is 481 g/mol. The molecule has 0 radical (unpaired) electrons. The van der Waals surface area contributed by atoms with E-state index in [-0.39, 0.29) is 11.6 Å². The van der Waals surface area contributed by atoms with E-state index >= 15 is 0 Å². The smallest absolute Gasteiger partial charge is 0.274 e. The molecule has 5 rings (SSSR count). The third-order valence-corrected chi connectivity index (χ3v) is 9.03. The molecule has 4 N–H and O–H groups in total. The fourth-order valence-corrected chi connectivity index (χ4v) is 6.18. The second-order valence-electron chi connectivity index (χ2n) is 9.37. The molecule has 1 aliphatic carbocycles. The van der Waals surface area contributed by atoms with E-state index in [1.165, 1.54) is 6.26 Å². The Balaban J connectivity index is 1.67. The van der Waals surface area contributed by atoms with Crippen molar-refractivity contribution in [3.05, 3.63) is 53.2 Å². The van der Waals surface area contributed by atoms with Gasteiger partial charge in [0.25, 0.3) is 5.56 Å². The zero-order valence-corrected chi connectivity index (χ0v) is 20.2. The molecular formula is C24H31N7O2S. The van der Waals surface area contributed by atoms with Crippen LogP contribution in [0.5, 0.6) is 0 Å². The van der Waals surface area contributed by atoms with Crippen molar-refractivity contribution in [1.82, 2.24) is 24.8 Å². The number of nitrogens with one attached hydrogen (secondary N) is 4. The van der Waals surface area contributed by atoms with Gasteiger partial charge in [-0.1, -0.05) is 6.08 Å². The lowest BCUT2D eigenvalue weighted by molar-refractivity contribution is 0.478. The third kappa shape index (κ3) is 4.05. The summed E-state index contributed by atoms with van der Waals surface area (Å²) in [6, 6.07) is 3.94. The van der Waals surface area contributed by atoms with Gasteiger partial charge < -0.3 is 20.2 Å². The van der Waals surface area contributed by atoms with Gasteiger partial charge in [0.2, 0.25) is 5.95 Å². The Kier molecular flexibility index (Phi) is 5.81. The fourth-order valence-electron chi connectivity index (χ4n) is 4.80. The SMILES string of the molecule is C=CCCn1cc(-c2cc(C3(S(C)(=N)=O)CC3)nc(NC3CCCNC3)n2)c2cc[nH]c2c1=O. The summed E-state index contributed by atoms with van der Waals surface area (Å²) in [6.45, 7) is 6.11. The van der Waals surface area contributed by atoms with Crippen molar-refractivity contribution < 1.29 is 4.21 Å². The Labute approximate surface area is 199 Å². The fraction of sp³-hybridized carbons (Fsp3) is 0.458. The van der Waals surface area contributed by atoms with Crippen molar-refractivity contribution in [1.29, 1.82) is 4.78 Å². The molecule has 34 heavy (non-hydrogen) atoms. The predicted octanol–water partition coefficient (Wildman–Crippen LogP) is 3.19. The minimum Gasteiger partial charge on any atom is -0.357 e. The molecule has 2 fully saturated rings. The van der Waals surface area contributed by atoms with Gasteiger partial charge in [-0.15, -0.1) is 6.58 Å². The van der Waals surface area contributed by atoms with Crippen LogP contribution in [-0.4, -0.2) is 49.1 Å². The average Bonchev–Trinajstić information content (AvgIpc) is 3.51. The number of pyridine rings is 1. The molecule has 4 heterocycles. The number of hydrogen-bond donors (Lipinski definition) is 4. The summed E-state index contributed by atoms with van der Waals surface area (Å²) >= 11 is 0. The summed E-state index contributed by atoms with van der Waals surface area (Å²) in [4.78, 5) is 25.7. The number of hydrogen-bond acceptors (Lipinski definition) is 7. The normalized spacial score (nSPS) is 21.1. The van der Waals surface area contributed by atoms with Gasteiger partial charge in [-0.3, -0.25) is 9.57 Å². The second-order valence-corrected chi connectivity index (χ2v) is 11.8. The number of allylic oxidation sites excluding steroid dienone is 1. The first kappa shape index (κ1) is 22.8. The van der Waals surface area contributed by atoms with Crippen molar-refractivity contribution in [3.8, 4) is 11.3 Å². The molecule has 1 saturated carbocycles. The summed E-state index contributed by atoms with van der Waals surface area (Å²) in [7, 11) is -2.85. The number of aryl methyl sites for hydroxylation is 1. The standard InChI is InChI=1S/C24H31N7O2S/c1-3-4-12-31-15-18(17-7-11-27-21(17)22(31)32)19-13-20(24(8-9-24)34(2,25)33)30-23(29-19)28-16-6-5-10-26-14-16/h3,7,11,13,15-16,25-27H,1,4-6,8-10,12,14H2,2H3,(H,28,29,30). The topological polar surface area (TPSA) is 129 Å². The van der Waals surface area contributed by atoms with Crippen LogP contribution in [0, 0.1) is 4.78 Å². The van der Waals surface area contributed by atoms with Gasteiger partial charge in [-0.25, -0.2) is 14.2 Å². The highest BCUT2D eigenvalue weighted by atomic mass is 32.2. The van der Waals surface area contributed by atoms with Gasteiger partial charge in [0.15, 0.2) is 0 Å². The number of rotatable bonds is 8. The molecule has 0 amide bonds. The Morgan fingerprint density at radius 1 is 1.41 bits per heavy atom. The summed E-state index contributed by atoms with van der Waals surface area (Å²) in [5.74, 6) is 0.476. The van der Waals surface area contributed by atoms with Gasteiger partial charge in [-0.05, 0) is 50.8 Å². The van der Waals surface area contributed by atoms with Gasteiger partial charge in [-0.2, -0.15) is 0 Å². The highest BCUT2D eigenvalue weighted by Crippen LogP contribution is 2.52. The number of aromatic amines is 1. The first-order valence-electron chi connectivity index (χ1n) is 11.7. The minimum absolute atomic E-state index is 0.0899. The largest absolute Gasteiger partial charge is 0.357 e. The van der Waals surface area contributed by atoms with E-state index in [9.17, 15) is 9.00 Å². The van der Waals surface area contributed by atoms with Gasteiger partial charge in [0.1, 0.15) is 5.52 Å². The number of nitrogens with zero attached hydrogens (tertiary/aromatic N) is 3. The molecule has 10 heteroatoms. The highest BCUT2D eigenvalue weighted by Gasteiger charge is 2.53. The van der Waals surface area contributed by atoms with Crippen LogP contribution < -0.4 is 16.2 Å². The summed E-state index contributed by atoms with van der Waals surface area (Å²) in [6.07, 6.45) is 11.0. The molecular weight excluding hydrogens is 450 g/mol. The summed E-state index contributed by atoms with van der Waals surface area (Å²) in [5.41, 5.74) is 2.53. The van der Waals surface area contributed by atoms with E-state index in [0.29, 0.717) is 48.7 Å². The molecule has 0 aromatic carbocycles. The van der Waals surface area contributed by atoms with Crippen LogP contribution in [-0.2, 0) is 21.0 Å². The van der Waals surface area contributed by atoms with E-state index in [2.05, 4.69) is 22.2 Å². The lowest BCUT2D eigenvalue weighted by atomic mass is 10.1. The van der Waals surface area contributed by atoms with Crippen LogP contribution >= 0.6 is 0 Å². The van der Waals surface area contributed by atoms with Crippen molar-refractivity contribution in [2.24, 2.45) is 0 Å². The number of fused-ring (bicyclic) bond motifs is 1. The average molecular weight is 482 g/mol. The van der Waals surface area contributed by atoms with E-state index < -0.39 is 14.5 Å². The Morgan fingerprint density at radius 3 is 2.91 bits per heavy atom. The molecule has 3 aromatic rings. The maximum atomic E-state index is 13.0. The molecule has 9 nitrogen and oxygen atoms in total. The van der Waals surface area contributed by atoms with Crippen LogP contribution in [0.1, 0.15) is 37.8 Å². The van der Waals surface area contributed by atoms with Crippen LogP contribution in [0.4, 0.5) is 5.95 Å². The molecule has 2 aliphatic rings. The lowest BCUT2D eigenvalue weighted by Crippen LogP contribution is -2.39. The number of aromatic nitrogens is 4. The van der Waals surface area contributed by atoms with E-state index in [4.69, 9.17) is 14.7 Å². The maximum absolute atomic E-state index is 13.0. The minimum atomic E-state index is -2.85. The van der Waals surface area contributed by atoms with Gasteiger partial charge in [0, 0.05) is 48.7 Å². The molecule has 0 spiro atoms. The second kappa shape index (κ2) is 8.66. The van der Waals surface area contributed by atoms with Crippen molar-refractivity contribution in [3.63, 3.8) is 0 Å². The Morgan fingerprint density at radius 2 is 2.24 bits per heavy atom. The maximum Gasteiger partial charge on any atom is 0.274 e. The lowest BCUT2D eigenvalue weighted by Gasteiger charge is -2.25. The van der Waals surface area contributed by atoms with Crippen LogP contribution in [0.25, 0.3) is 22.2 Å². The quantitative estimate of drug-likeness (QED) is 0.366. The van der Waals surface area contributed by atoms with Gasteiger partial charge >= 0.3 is 0 Å². The molecule has 2 unspecified atom stereocenters. The number of piperidine rings is 1. The molecule has 3 aromatic heterocycles. The van der Waals surface area contributed by atoms with Crippen LogP contribution in [0.3, 0.4) is 0 Å². The number of anilines is 1. The Hall–Kier alpha value is -2.98. The van der Waals surface area contributed by atoms with Crippen molar-refractivity contribution >= 4 is 26.6 Å².